The summed E-state index contributed by atoms with van der Waals surface area (Å²) in [5.74, 6) is -1.65. The van der Waals surface area contributed by atoms with Crippen molar-refractivity contribution in [3.05, 3.63) is 70.1 Å². The van der Waals surface area contributed by atoms with Gasteiger partial charge in [0.25, 0.3) is 5.91 Å². The van der Waals surface area contributed by atoms with E-state index in [2.05, 4.69) is 5.32 Å². The van der Waals surface area contributed by atoms with Gasteiger partial charge in [0, 0.05) is 34.1 Å². The molecule has 0 fully saturated rings. The van der Waals surface area contributed by atoms with Crippen LogP contribution < -0.4 is 11.1 Å². The fourth-order valence-electron chi connectivity index (χ4n) is 2.90. The van der Waals surface area contributed by atoms with Crippen molar-refractivity contribution in [2.75, 3.05) is 0 Å². The van der Waals surface area contributed by atoms with Crippen molar-refractivity contribution < 1.29 is 14.0 Å². The summed E-state index contributed by atoms with van der Waals surface area (Å²) in [6.45, 7) is 1.67. The highest BCUT2D eigenvalue weighted by Gasteiger charge is 2.19. The van der Waals surface area contributed by atoms with Crippen LogP contribution in [0.3, 0.4) is 0 Å². The number of nitrogens with one attached hydrogen (secondary N) is 1. The molecule has 7 heteroatoms. The Hall–Kier alpha value is -2.86. The summed E-state index contributed by atoms with van der Waals surface area (Å²) in [5.41, 5.74) is 6.75. The van der Waals surface area contributed by atoms with Crippen molar-refractivity contribution >= 4 is 34.3 Å². The number of hydrogen-bond donors (Lipinski definition) is 2. The normalized spacial score (nSPS) is 12.2. The monoisotopic (exact) mass is 373 g/mol. The summed E-state index contributed by atoms with van der Waals surface area (Å²) < 4.78 is 16.0. The van der Waals surface area contributed by atoms with E-state index in [1.807, 2.05) is 6.07 Å². The molecular formula is C19H17ClFN3O2. The van der Waals surface area contributed by atoms with Crippen LogP contribution >= 0.6 is 11.6 Å². The first kappa shape index (κ1) is 17.9. The molecule has 0 aliphatic carbocycles. The summed E-state index contributed by atoms with van der Waals surface area (Å²) in [6.07, 6.45) is 0. The van der Waals surface area contributed by atoms with Crippen LogP contribution in [-0.4, -0.2) is 16.4 Å². The zero-order chi connectivity index (χ0) is 19.0. The summed E-state index contributed by atoms with van der Waals surface area (Å²) >= 11 is 6.01. The Balaban J connectivity index is 1.86. The Morgan fingerprint density at radius 3 is 2.58 bits per heavy atom. The van der Waals surface area contributed by atoms with E-state index in [1.165, 1.54) is 12.1 Å². The topological polar surface area (TPSA) is 77.1 Å². The second kappa shape index (κ2) is 6.80. The molecule has 0 unspecified atom stereocenters. The highest BCUT2D eigenvalue weighted by molar-refractivity contribution is 6.31. The van der Waals surface area contributed by atoms with E-state index < -0.39 is 17.8 Å². The average molecular weight is 374 g/mol. The van der Waals surface area contributed by atoms with Crippen molar-refractivity contribution in [2.24, 2.45) is 12.8 Å². The number of aryl methyl sites for hydroxylation is 1. The summed E-state index contributed by atoms with van der Waals surface area (Å²) in [6, 6.07) is 10.5. The minimum absolute atomic E-state index is 0.0790. The number of hydrogen-bond acceptors (Lipinski definition) is 2. The number of halogens is 2. The van der Waals surface area contributed by atoms with Gasteiger partial charge < -0.3 is 15.6 Å². The van der Waals surface area contributed by atoms with Gasteiger partial charge in [-0.3, -0.25) is 9.59 Å². The molecular weight excluding hydrogens is 357 g/mol. The highest BCUT2D eigenvalue weighted by atomic mass is 35.5. The summed E-state index contributed by atoms with van der Waals surface area (Å²) in [7, 11) is 1.76. The van der Waals surface area contributed by atoms with Gasteiger partial charge in [-0.05, 0) is 37.3 Å². The van der Waals surface area contributed by atoms with Crippen LogP contribution in [0.1, 0.15) is 39.4 Å². The lowest BCUT2D eigenvalue weighted by atomic mass is 10.0. The molecule has 1 heterocycles. The zero-order valence-electron chi connectivity index (χ0n) is 14.2. The van der Waals surface area contributed by atoms with Crippen LogP contribution in [0.2, 0.25) is 5.02 Å². The Labute approximate surface area is 154 Å². The van der Waals surface area contributed by atoms with Gasteiger partial charge in [-0.15, -0.1) is 0 Å². The molecule has 0 saturated heterocycles. The predicted octanol–water partition coefficient (Wildman–Crippen LogP) is 3.56. The highest BCUT2D eigenvalue weighted by Crippen LogP contribution is 2.24. The van der Waals surface area contributed by atoms with Crippen LogP contribution in [0, 0.1) is 5.82 Å². The van der Waals surface area contributed by atoms with Crippen LogP contribution in [0.5, 0.6) is 0 Å². The third kappa shape index (κ3) is 3.28. The van der Waals surface area contributed by atoms with Gasteiger partial charge in [0.1, 0.15) is 11.5 Å². The molecule has 1 atom stereocenters. The number of rotatable bonds is 4. The maximum Gasteiger partial charge on any atom is 0.268 e. The molecule has 0 radical (unpaired) electrons. The Morgan fingerprint density at radius 2 is 1.92 bits per heavy atom. The third-order valence-electron chi connectivity index (χ3n) is 4.34. The molecule has 0 saturated carbocycles. The van der Waals surface area contributed by atoms with Crippen LogP contribution in [0.15, 0.2) is 42.5 Å². The van der Waals surface area contributed by atoms with Crippen LogP contribution in [0.25, 0.3) is 10.9 Å². The van der Waals surface area contributed by atoms with Gasteiger partial charge in [-0.2, -0.15) is 0 Å². The minimum Gasteiger partial charge on any atom is -0.366 e. The largest absolute Gasteiger partial charge is 0.366 e. The lowest BCUT2D eigenvalue weighted by molar-refractivity contribution is 0.0930. The molecule has 0 aliphatic heterocycles. The smallest absolute Gasteiger partial charge is 0.268 e. The van der Waals surface area contributed by atoms with E-state index in [-0.39, 0.29) is 17.0 Å². The molecule has 3 aromatic rings. The van der Waals surface area contributed by atoms with Crippen molar-refractivity contribution in [1.82, 2.24) is 9.88 Å². The van der Waals surface area contributed by atoms with E-state index in [0.29, 0.717) is 10.7 Å². The first-order valence-corrected chi connectivity index (χ1v) is 8.31. The maximum absolute atomic E-state index is 14.2. The maximum atomic E-state index is 14.2. The number of amides is 2. The van der Waals surface area contributed by atoms with E-state index in [9.17, 15) is 14.0 Å². The molecule has 0 aliphatic rings. The Bertz CT molecular complexity index is 1030. The first-order chi connectivity index (χ1) is 12.3. The van der Waals surface area contributed by atoms with Crippen LogP contribution in [-0.2, 0) is 7.05 Å². The van der Waals surface area contributed by atoms with Gasteiger partial charge in [0.05, 0.1) is 6.04 Å². The van der Waals surface area contributed by atoms with Crippen molar-refractivity contribution in [1.29, 1.82) is 0 Å². The molecule has 0 bridgehead atoms. The molecule has 5 nitrogen and oxygen atoms in total. The van der Waals surface area contributed by atoms with Crippen molar-refractivity contribution in [3.63, 3.8) is 0 Å². The average Bonchev–Trinajstić information content (AvgIpc) is 2.91. The molecule has 3 N–H and O–H groups in total. The van der Waals surface area contributed by atoms with Gasteiger partial charge in [0.15, 0.2) is 0 Å². The predicted molar refractivity (Wildman–Crippen MR) is 98.7 cm³/mol. The number of carbonyl (C=O) groups is 2. The Kier molecular flexibility index (Phi) is 4.70. The molecule has 2 amide bonds. The SMILES string of the molecule is C[C@H](NC(=O)c1cc2ccc(Cl)cc2n1C)c1ccc(C(N)=O)cc1F. The minimum atomic E-state index is -0.707. The molecule has 0 spiro atoms. The number of aromatic nitrogens is 1. The first-order valence-electron chi connectivity index (χ1n) is 7.93. The zero-order valence-corrected chi connectivity index (χ0v) is 15.0. The van der Waals surface area contributed by atoms with E-state index in [0.717, 1.165) is 17.0 Å². The summed E-state index contributed by atoms with van der Waals surface area (Å²) in [5, 5.41) is 4.23. The molecule has 1 aromatic heterocycles. The number of carbonyl (C=O) groups excluding carboxylic acids is 2. The second-order valence-electron chi connectivity index (χ2n) is 6.09. The standard InChI is InChI=1S/C19H17ClFN3O2/c1-10(14-6-4-12(18(22)25)7-15(14)21)23-19(26)17-8-11-3-5-13(20)9-16(11)24(17)2/h3-10H,1-2H3,(H2,22,25)(H,23,26)/t10-/m0/s1. The van der Waals surface area contributed by atoms with Crippen molar-refractivity contribution in [3.8, 4) is 0 Å². The third-order valence-corrected chi connectivity index (χ3v) is 4.57. The van der Waals surface area contributed by atoms with Crippen LogP contribution in [0.4, 0.5) is 4.39 Å². The fourth-order valence-corrected chi connectivity index (χ4v) is 3.07. The lowest BCUT2D eigenvalue weighted by Crippen LogP contribution is -2.28. The Morgan fingerprint density at radius 1 is 1.19 bits per heavy atom. The molecule has 3 rings (SSSR count). The van der Waals surface area contributed by atoms with Gasteiger partial charge in [-0.1, -0.05) is 23.7 Å². The second-order valence-corrected chi connectivity index (χ2v) is 6.52. The van der Waals surface area contributed by atoms with Gasteiger partial charge in [0.2, 0.25) is 5.91 Å². The van der Waals surface area contributed by atoms with E-state index in [1.54, 1.807) is 36.7 Å². The molecule has 134 valence electrons. The lowest BCUT2D eigenvalue weighted by Gasteiger charge is -2.16. The molecule has 26 heavy (non-hydrogen) atoms. The number of benzene rings is 2. The quantitative estimate of drug-likeness (QED) is 0.733. The van der Waals surface area contributed by atoms with E-state index in [4.69, 9.17) is 17.3 Å². The van der Waals surface area contributed by atoms with Crippen molar-refractivity contribution in [2.45, 2.75) is 13.0 Å². The van der Waals surface area contributed by atoms with Gasteiger partial charge in [-0.25, -0.2) is 4.39 Å². The van der Waals surface area contributed by atoms with Gasteiger partial charge >= 0.3 is 0 Å². The fraction of sp³-hybridized carbons (Fsp3) is 0.158. The van der Waals surface area contributed by atoms with E-state index >= 15 is 0 Å². The molecule has 2 aromatic carbocycles. The number of primary amides is 1. The summed E-state index contributed by atoms with van der Waals surface area (Å²) in [4.78, 5) is 23.7. The number of nitrogens with zero attached hydrogens (tertiary/aromatic N) is 1. The number of nitrogens with two attached hydrogens (primary N) is 1. The number of fused-ring (bicyclic) bond motifs is 1.